The summed E-state index contributed by atoms with van der Waals surface area (Å²) in [5.41, 5.74) is -0.327. The maximum Gasteiger partial charge on any atom is 0.440 e. The summed E-state index contributed by atoms with van der Waals surface area (Å²) >= 11 is 0.336. The first-order valence-corrected chi connectivity index (χ1v) is 8.42. The van der Waals surface area contributed by atoms with Crippen molar-refractivity contribution in [1.29, 1.82) is 0 Å². The number of benzene rings is 1. The summed E-state index contributed by atoms with van der Waals surface area (Å²) in [5, 5.41) is 3.28. The summed E-state index contributed by atoms with van der Waals surface area (Å²) in [4.78, 5) is 0.00270. The Labute approximate surface area is 160 Å². The average Bonchev–Trinajstić information content (AvgIpc) is 2.99. The van der Waals surface area contributed by atoms with Crippen molar-refractivity contribution in [3.8, 4) is 11.6 Å². The van der Waals surface area contributed by atoms with Crippen LogP contribution in [0.2, 0.25) is 0 Å². The lowest BCUT2D eigenvalue weighted by atomic mass is 10.2. The lowest BCUT2D eigenvalue weighted by Crippen LogP contribution is -2.45. The number of alkyl halides is 9. The summed E-state index contributed by atoms with van der Waals surface area (Å²) < 4.78 is 131. The molecular formula is C15H10F10N2OS. The minimum absolute atomic E-state index is 0.00270. The van der Waals surface area contributed by atoms with Crippen molar-refractivity contribution >= 4 is 11.8 Å². The van der Waals surface area contributed by atoms with Crippen LogP contribution in [0.5, 0.6) is 5.88 Å². The smallest absolute Gasteiger partial charge is 0.411 e. The van der Waals surface area contributed by atoms with E-state index in [-0.39, 0.29) is 10.5 Å². The van der Waals surface area contributed by atoms with Crippen LogP contribution in [-0.4, -0.2) is 40.2 Å². The number of nitrogens with zero attached hydrogens (tertiary/aromatic N) is 2. The zero-order valence-corrected chi connectivity index (χ0v) is 14.9. The van der Waals surface area contributed by atoms with E-state index in [0.717, 1.165) is 18.3 Å². The minimum Gasteiger partial charge on any atom is -0.411 e. The average molecular weight is 456 g/mol. The lowest BCUT2D eigenvalue weighted by Gasteiger charge is -2.21. The van der Waals surface area contributed by atoms with E-state index in [1.54, 1.807) is 0 Å². The van der Waals surface area contributed by atoms with Crippen molar-refractivity contribution in [3.05, 3.63) is 35.8 Å². The van der Waals surface area contributed by atoms with E-state index in [9.17, 15) is 43.9 Å². The van der Waals surface area contributed by atoms with Crippen molar-refractivity contribution < 1.29 is 48.6 Å². The molecule has 2 rings (SSSR count). The maximum atomic E-state index is 14.1. The first-order valence-electron chi connectivity index (χ1n) is 7.43. The lowest BCUT2D eigenvalue weighted by molar-refractivity contribution is -0.305. The van der Waals surface area contributed by atoms with E-state index in [0.29, 0.717) is 22.5 Å². The van der Waals surface area contributed by atoms with Gasteiger partial charge < -0.3 is 4.74 Å². The summed E-state index contributed by atoms with van der Waals surface area (Å²) in [6.07, 6.45) is -19.6. The Morgan fingerprint density at radius 3 is 2.28 bits per heavy atom. The number of aryl methyl sites for hydroxylation is 1. The molecule has 0 aliphatic carbocycles. The molecule has 162 valence electrons. The second kappa shape index (κ2) is 7.95. The zero-order chi connectivity index (χ0) is 22.2. The highest BCUT2D eigenvalue weighted by atomic mass is 32.2. The fourth-order valence-corrected chi connectivity index (χ4v) is 2.81. The highest BCUT2D eigenvalue weighted by Crippen LogP contribution is 2.36. The quantitative estimate of drug-likeness (QED) is 0.404. The molecule has 1 aromatic heterocycles. The van der Waals surface area contributed by atoms with Crippen molar-refractivity contribution in [1.82, 2.24) is 9.78 Å². The summed E-state index contributed by atoms with van der Waals surface area (Å²) in [7, 11) is 0. The molecule has 0 fully saturated rings. The molecule has 0 aliphatic heterocycles. The molecule has 0 bridgehead atoms. The molecule has 0 radical (unpaired) electrons. The van der Waals surface area contributed by atoms with Gasteiger partial charge in [-0.3, -0.25) is 0 Å². The SMILES string of the molecule is Cc1cc(F)c(-n2ccc(OC(F)(F)C(F)C(F)(F)F)n2)cc1SCC(F)(F)F. The van der Waals surface area contributed by atoms with E-state index >= 15 is 0 Å². The molecule has 0 saturated carbocycles. The van der Waals surface area contributed by atoms with Crippen LogP contribution in [0.25, 0.3) is 5.69 Å². The van der Waals surface area contributed by atoms with E-state index in [1.165, 1.54) is 6.92 Å². The number of thioether (sulfide) groups is 1. The molecule has 1 atom stereocenters. The standard InChI is InChI=1S/C15H10F10N2OS/c1-7-4-8(16)9(5-10(7)29-6-13(18,19)20)27-3-2-11(26-27)28-15(24,25)12(17)14(21,22)23/h2-5,12H,6H2,1H3. The number of rotatable bonds is 6. The van der Waals surface area contributed by atoms with Gasteiger partial charge in [0.15, 0.2) is 0 Å². The number of aromatic nitrogens is 2. The van der Waals surface area contributed by atoms with Crippen LogP contribution >= 0.6 is 11.8 Å². The Balaban J connectivity index is 2.28. The molecule has 14 heteroatoms. The van der Waals surface area contributed by atoms with Crippen LogP contribution in [0.1, 0.15) is 5.56 Å². The fraction of sp³-hybridized carbons (Fsp3) is 0.400. The molecule has 0 saturated heterocycles. The molecule has 29 heavy (non-hydrogen) atoms. The highest BCUT2D eigenvalue weighted by molar-refractivity contribution is 7.99. The van der Waals surface area contributed by atoms with E-state index < -0.39 is 47.8 Å². The second-order valence-corrected chi connectivity index (χ2v) is 6.66. The van der Waals surface area contributed by atoms with Gasteiger partial charge in [0.05, 0.1) is 5.75 Å². The van der Waals surface area contributed by atoms with Gasteiger partial charge >= 0.3 is 18.5 Å². The predicted molar refractivity (Wildman–Crippen MR) is 81.6 cm³/mol. The molecule has 2 aromatic rings. The molecule has 1 heterocycles. The molecular weight excluding hydrogens is 446 g/mol. The van der Waals surface area contributed by atoms with Crippen LogP contribution in [-0.2, 0) is 0 Å². The molecule has 3 nitrogen and oxygen atoms in total. The van der Waals surface area contributed by atoms with Gasteiger partial charge in [-0.15, -0.1) is 16.9 Å². The molecule has 0 spiro atoms. The Morgan fingerprint density at radius 1 is 1.10 bits per heavy atom. The van der Waals surface area contributed by atoms with Crippen molar-refractivity contribution in [2.75, 3.05) is 5.75 Å². The third kappa shape index (κ3) is 5.93. The van der Waals surface area contributed by atoms with Gasteiger partial charge in [0.25, 0.3) is 6.17 Å². The van der Waals surface area contributed by atoms with Crippen molar-refractivity contribution in [2.45, 2.75) is 36.5 Å². The Bertz CT molecular complexity index is 862. The molecule has 0 aliphatic rings. The first-order chi connectivity index (χ1) is 13.1. The monoisotopic (exact) mass is 456 g/mol. The summed E-state index contributed by atoms with van der Waals surface area (Å²) in [6.45, 7) is 1.34. The first kappa shape index (κ1) is 23.2. The van der Waals surface area contributed by atoms with Crippen LogP contribution in [0.15, 0.2) is 29.3 Å². The van der Waals surface area contributed by atoms with Gasteiger partial charge in [0, 0.05) is 17.2 Å². The normalized spacial score (nSPS) is 14.2. The van der Waals surface area contributed by atoms with Crippen molar-refractivity contribution in [3.63, 3.8) is 0 Å². The van der Waals surface area contributed by atoms with E-state index in [4.69, 9.17) is 0 Å². The fourth-order valence-electron chi connectivity index (χ4n) is 2.01. The van der Waals surface area contributed by atoms with Crippen LogP contribution < -0.4 is 4.74 Å². The second-order valence-electron chi connectivity index (χ2n) is 5.64. The molecule has 1 unspecified atom stereocenters. The number of halogens is 10. The van der Waals surface area contributed by atoms with Gasteiger partial charge in [-0.2, -0.15) is 35.1 Å². The number of ether oxygens (including phenoxy) is 1. The molecule has 0 N–H and O–H groups in total. The number of hydrogen-bond acceptors (Lipinski definition) is 3. The molecule has 1 aromatic carbocycles. The van der Waals surface area contributed by atoms with Crippen molar-refractivity contribution in [2.24, 2.45) is 0 Å². The maximum absolute atomic E-state index is 14.1. The topological polar surface area (TPSA) is 27.1 Å². The minimum atomic E-state index is -5.90. The largest absolute Gasteiger partial charge is 0.440 e. The predicted octanol–water partition coefficient (Wildman–Crippen LogP) is 5.85. The third-order valence-electron chi connectivity index (χ3n) is 3.27. The van der Waals surface area contributed by atoms with Crippen LogP contribution in [0, 0.1) is 12.7 Å². The molecule has 0 amide bonds. The zero-order valence-electron chi connectivity index (χ0n) is 14.1. The van der Waals surface area contributed by atoms with Crippen LogP contribution in [0.3, 0.4) is 0 Å². The van der Waals surface area contributed by atoms with Gasteiger partial charge in [-0.05, 0) is 24.6 Å². The van der Waals surface area contributed by atoms with Gasteiger partial charge in [-0.25, -0.2) is 13.5 Å². The van der Waals surface area contributed by atoms with Gasteiger partial charge in [-0.1, -0.05) is 0 Å². The Kier molecular flexibility index (Phi) is 6.35. The Hall–Kier alpha value is -2.12. The van der Waals surface area contributed by atoms with Crippen LogP contribution in [0.4, 0.5) is 43.9 Å². The number of hydrogen-bond donors (Lipinski definition) is 0. The Morgan fingerprint density at radius 2 is 1.72 bits per heavy atom. The van der Waals surface area contributed by atoms with Gasteiger partial charge in [0.2, 0.25) is 5.88 Å². The van der Waals surface area contributed by atoms with E-state index in [2.05, 4.69) is 9.84 Å². The third-order valence-corrected chi connectivity index (χ3v) is 4.49. The summed E-state index contributed by atoms with van der Waals surface area (Å²) in [5.74, 6) is -3.45. The van der Waals surface area contributed by atoms with E-state index in [1.807, 2.05) is 0 Å². The summed E-state index contributed by atoms with van der Waals surface area (Å²) in [6, 6.07) is 2.43. The highest BCUT2D eigenvalue weighted by Gasteiger charge is 2.59. The van der Waals surface area contributed by atoms with Gasteiger partial charge in [0.1, 0.15) is 11.5 Å².